The first kappa shape index (κ1) is 14.7. The zero-order valence-corrected chi connectivity index (χ0v) is 14.1. The Balaban J connectivity index is 1.38. The molecule has 25 heavy (non-hydrogen) atoms. The molecule has 0 spiro atoms. The van der Waals surface area contributed by atoms with Crippen LogP contribution in [0.4, 0.5) is 0 Å². The number of aromatic nitrogens is 2. The summed E-state index contributed by atoms with van der Waals surface area (Å²) in [6.07, 6.45) is 4.88. The Bertz CT molecular complexity index is 926. The Hall–Kier alpha value is -2.62. The van der Waals surface area contributed by atoms with Crippen molar-refractivity contribution >= 4 is 16.9 Å². The molecule has 0 N–H and O–H groups in total. The van der Waals surface area contributed by atoms with Crippen LogP contribution < -0.4 is 0 Å². The highest BCUT2D eigenvalue weighted by Gasteiger charge is 2.53. The summed E-state index contributed by atoms with van der Waals surface area (Å²) in [7, 11) is 0. The predicted octanol–water partition coefficient (Wildman–Crippen LogP) is 3.54. The molecule has 2 aromatic carbocycles. The van der Waals surface area contributed by atoms with Crippen LogP contribution in [0.15, 0.2) is 60.9 Å². The molecule has 1 amide bonds. The maximum Gasteiger partial charge on any atom is 0.233 e. The molecular weight excluding hydrogens is 310 g/mol. The van der Waals surface area contributed by atoms with Gasteiger partial charge in [-0.15, -0.1) is 0 Å². The highest BCUT2D eigenvalue weighted by atomic mass is 16.2. The van der Waals surface area contributed by atoms with E-state index in [2.05, 4.69) is 32.7 Å². The van der Waals surface area contributed by atoms with E-state index in [1.54, 1.807) is 0 Å². The van der Waals surface area contributed by atoms with Crippen molar-refractivity contribution < 1.29 is 4.79 Å². The number of imidazole rings is 1. The number of nitrogens with zero attached hydrogens (tertiary/aromatic N) is 3. The largest absolute Gasteiger partial charge is 0.340 e. The maximum atomic E-state index is 13.2. The van der Waals surface area contributed by atoms with Crippen molar-refractivity contribution in [2.75, 3.05) is 13.1 Å². The van der Waals surface area contributed by atoms with E-state index in [0.717, 1.165) is 43.4 Å². The van der Waals surface area contributed by atoms with E-state index in [4.69, 9.17) is 0 Å². The summed E-state index contributed by atoms with van der Waals surface area (Å²) < 4.78 is 2.24. The Morgan fingerprint density at radius 2 is 1.80 bits per heavy atom. The van der Waals surface area contributed by atoms with Crippen molar-refractivity contribution in [3.05, 3.63) is 66.5 Å². The molecule has 126 valence electrons. The molecule has 0 radical (unpaired) electrons. The van der Waals surface area contributed by atoms with Crippen molar-refractivity contribution in [2.24, 2.45) is 0 Å². The smallest absolute Gasteiger partial charge is 0.233 e. The molecule has 1 saturated carbocycles. The number of carbonyl (C=O) groups is 1. The first-order valence-corrected chi connectivity index (χ1v) is 9.04. The number of benzene rings is 2. The molecule has 5 rings (SSSR count). The monoisotopic (exact) mass is 331 g/mol. The van der Waals surface area contributed by atoms with Crippen molar-refractivity contribution in [3.63, 3.8) is 0 Å². The Morgan fingerprint density at radius 1 is 1.04 bits per heavy atom. The fraction of sp³-hybridized carbons (Fsp3) is 0.333. The van der Waals surface area contributed by atoms with Crippen LogP contribution in [-0.4, -0.2) is 33.4 Å². The van der Waals surface area contributed by atoms with Crippen molar-refractivity contribution in [2.45, 2.75) is 30.7 Å². The Labute approximate surface area is 147 Å². The Morgan fingerprint density at radius 3 is 2.60 bits per heavy atom. The van der Waals surface area contributed by atoms with Gasteiger partial charge < -0.3 is 9.47 Å². The number of amides is 1. The van der Waals surface area contributed by atoms with Gasteiger partial charge in [0.2, 0.25) is 5.91 Å². The van der Waals surface area contributed by atoms with E-state index in [0.29, 0.717) is 11.9 Å². The maximum absolute atomic E-state index is 13.2. The van der Waals surface area contributed by atoms with Crippen LogP contribution in [0.3, 0.4) is 0 Å². The second-order valence-electron chi connectivity index (χ2n) is 7.28. The highest BCUT2D eigenvalue weighted by Crippen LogP contribution is 2.50. The summed E-state index contributed by atoms with van der Waals surface area (Å²) in [5, 5.41) is 0. The van der Waals surface area contributed by atoms with Crippen molar-refractivity contribution in [1.82, 2.24) is 14.5 Å². The number of fused-ring (bicyclic) bond motifs is 1. The molecule has 1 aromatic heterocycles. The fourth-order valence-electron chi connectivity index (χ4n) is 4.23. The minimum absolute atomic E-state index is 0.257. The molecule has 1 saturated heterocycles. The van der Waals surface area contributed by atoms with Crippen LogP contribution in [0.25, 0.3) is 11.0 Å². The van der Waals surface area contributed by atoms with Gasteiger partial charge in [-0.1, -0.05) is 42.5 Å². The molecule has 0 bridgehead atoms. The summed E-state index contributed by atoms with van der Waals surface area (Å²) in [5.41, 5.74) is 3.10. The van der Waals surface area contributed by atoms with Gasteiger partial charge in [-0.3, -0.25) is 4.79 Å². The van der Waals surface area contributed by atoms with Crippen LogP contribution in [0.2, 0.25) is 0 Å². The minimum atomic E-state index is -0.257. The third-order valence-corrected chi connectivity index (χ3v) is 5.81. The van der Waals surface area contributed by atoms with Gasteiger partial charge in [0.05, 0.1) is 28.8 Å². The average molecular weight is 331 g/mol. The number of carbonyl (C=O) groups excluding carboxylic acids is 1. The standard InChI is InChI=1S/C21H21N3O/c25-20(21(11-12-21)16-6-2-1-3-7-16)23-13-10-17(14-23)24-15-22-18-8-4-5-9-19(18)24/h1-9,15,17H,10-14H2. The van der Waals surface area contributed by atoms with Crippen molar-refractivity contribution in [1.29, 1.82) is 0 Å². The van der Waals surface area contributed by atoms with Crippen LogP contribution in [0, 0.1) is 0 Å². The lowest BCUT2D eigenvalue weighted by Gasteiger charge is -2.24. The molecule has 1 unspecified atom stereocenters. The number of para-hydroxylation sites is 2. The first-order chi connectivity index (χ1) is 12.3. The summed E-state index contributed by atoms with van der Waals surface area (Å²) in [6, 6.07) is 18.8. The number of rotatable bonds is 3. The van der Waals surface area contributed by atoms with Crippen LogP contribution in [0.1, 0.15) is 30.9 Å². The molecule has 4 heteroatoms. The zero-order chi connectivity index (χ0) is 16.9. The van der Waals surface area contributed by atoms with Gasteiger partial charge in [0, 0.05) is 13.1 Å². The number of likely N-dealkylation sites (tertiary alicyclic amines) is 1. The average Bonchev–Trinajstić information content (AvgIpc) is 3.13. The van der Waals surface area contributed by atoms with Crippen molar-refractivity contribution in [3.8, 4) is 0 Å². The molecule has 2 fully saturated rings. The second-order valence-corrected chi connectivity index (χ2v) is 7.28. The normalized spacial score (nSPS) is 21.6. The van der Waals surface area contributed by atoms with Gasteiger partial charge in [-0.05, 0) is 37.0 Å². The quantitative estimate of drug-likeness (QED) is 0.736. The van der Waals surface area contributed by atoms with Gasteiger partial charge in [0.25, 0.3) is 0 Å². The minimum Gasteiger partial charge on any atom is -0.340 e. The first-order valence-electron chi connectivity index (χ1n) is 9.04. The number of hydrogen-bond donors (Lipinski definition) is 0. The van der Waals surface area contributed by atoms with E-state index < -0.39 is 0 Å². The SMILES string of the molecule is O=C(N1CCC(n2cnc3ccccc32)C1)C1(c2ccccc2)CC1. The molecule has 3 aromatic rings. The van der Waals surface area contributed by atoms with Gasteiger partial charge >= 0.3 is 0 Å². The molecule has 1 atom stereocenters. The lowest BCUT2D eigenvalue weighted by molar-refractivity contribution is -0.133. The predicted molar refractivity (Wildman–Crippen MR) is 97.3 cm³/mol. The number of hydrogen-bond acceptors (Lipinski definition) is 2. The van der Waals surface area contributed by atoms with E-state index in [1.807, 2.05) is 42.7 Å². The lowest BCUT2D eigenvalue weighted by Crippen LogP contribution is -2.38. The molecule has 2 heterocycles. The van der Waals surface area contributed by atoms with E-state index in [1.165, 1.54) is 5.56 Å². The fourth-order valence-corrected chi connectivity index (χ4v) is 4.23. The van der Waals surface area contributed by atoms with Crippen LogP contribution >= 0.6 is 0 Å². The Kier molecular flexibility index (Phi) is 3.20. The van der Waals surface area contributed by atoms with E-state index >= 15 is 0 Å². The third-order valence-electron chi connectivity index (χ3n) is 5.81. The van der Waals surface area contributed by atoms with Crippen LogP contribution in [0.5, 0.6) is 0 Å². The highest BCUT2D eigenvalue weighted by molar-refractivity contribution is 5.91. The van der Waals surface area contributed by atoms with Gasteiger partial charge in [-0.2, -0.15) is 0 Å². The summed E-state index contributed by atoms with van der Waals surface area (Å²) in [4.78, 5) is 19.8. The molecule has 1 aliphatic carbocycles. The lowest BCUT2D eigenvalue weighted by atomic mass is 9.94. The zero-order valence-electron chi connectivity index (χ0n) is 14.1. The van der Waals surface area contributed by atoms with Gasteiger partial charge in [0.15, 0.2) is 0 Å². The van der Waals surface area contributed by atoms with Crippen LogP contribution in [-0.2, 0) is 10.2 Å². The summed E-state index contributed by atoms with van der Waals surface area (Å²) in [5.74, 6) is 0.311. The second kappa shape index (κ2) is 5.45. The molecule has 2 aliphatic rings. The van der Waals surface area contributed by atoms with E-state index in [9.17, 15) is 4.79 Å². The van der Waals surface area contributed by atoms with Gasteiger partial charge in [-0.25, -0.2) is 4.98 Å². The third kappa shape index (κ3) is 2.28. The summed E-state index contributed by atoms with van der Waals surface area (Å²) in [6.45, 7) is 1.62. The molecule has 4 nitrogen and oxygen atoms in total. The van der Waals surface area contributed by atoms with Gasteiger partial charge in [0.1, 0.15) is 0 Å². The topological polar surface area (TPSA) is 38.1 Å². The summed E-state index contributed by atoms with van der Waals surface area (Å²) >= 11 is 0. The molecule has 1 aliphatic heterocycles. The molecular formula is C21H21N3O. The van der Waals surface area contributed by atoms with E-state index in [-0.39, 0.29) is 5.41 Å².